The van der Waals surface area contributed by atoms with Gasteiger partial charge in [-0.15, -0.1) is 0 Å². The third-order valence-electron chi connectivity index (χ3n) is 10.7. The number of anilines is 7. The molecule has 0 fully saturated rings. The number of ether oxygens (including phenoxy) is 1. The number of rotatable bonds is 4. The van der Waals surface area contributed by atoms with Gasteiger partial charge in [-0.05, 0) is 124 Å². The Morgan fingerprint density at radius 2 is 1.25 bits per heavy atom. The maximum absolute atomic E-state index is 6.77. The predicted molar refractivity (Wildman–Crippen MR) is 216 cm³/mol. The second kappa shape index (κ2) is 11.6. The van der Waals surface area contributed by atoms with Crippen LogP contribution in [0.2, 0.25) is 0 Å². The molecule has 250 valence electrons. The van der Waals surface area contributed by atoms with Gasteiger partial charge in [-0.3, -0.25) is 4.98 Å². The molecular weight excluding hydrogens is 635 g/mol. The topological polar surface area (TPSA) is 31.8 Å². The highest BCUT2D eigenvalue weighted by atomic mass is 16.5. The molecule has 0 amide bonds. The zero-order valence-electron chi connectivity index (χ0n) is 29.5. The average molecular weight is 673 g/mol. The molecule has 0 unspecified atom stereocenters. The summed E-state index contributed by atoms with van der Waals surface area (Å²) in [6, 6.07) is 54.5. The number of fused-ring (bicyclic) bond motifs is 5. The van der Waals surface area contributed by atoms with Crippen LogP contribution in [0.5, 0.6) is 11.5 Å². The highest BCUT2D eigenvalue weighted by Crippen LogP contribution is 2.46. The van der Waals surface area contributed by atoms with Gasteiger partial charge in [-0.2, -0.15) is 0 Å². The normalized spacial score (nSPS) is 14.0. The first-order valence-electron chi connectivity index (χ1n) is 18.0. The highest BCUT2D eigenvalue weighted by molar-refractivity contribution is 6.99. The van der Waals surface area contributed by atoms with Crippen molar-refractivity contribution in [2.45, 2.75) is 26.2 Å². The van der Waals surface area contributed by atoms with E-state index in [1.807, 2.05) is 6.20 Å². The zero-order chi connectivity index (χ0) is 35.0. The van der Waals surface area contributed by atoms with Crippen molar-refractivity contribution in [1.29, 1.82) is 0 Å². The molecule has 52 heavy (non-hydrogen) atoms. The maximum Gasteiger partial charge on any atom is 0.256 e. The van der Waals surface area contributed by atoms with Crippen LogP contribution in [0.25, 0.3) is 11.3 Å². The van der Waals surface area contributed by atoms with E-state index in [1.54, 1.807) is 0 Å². The number of hydrogen-bond acceptors (Lipinski definition) is 5. The fraction of sp³-hybridized carbons (Fsp3) is 0.109. The first-order valence-corrected chi connectivity index (χ1v) is 18.0. The Hall–Kier alpha value is -6.27. The van der Waals surface area contributed by atoms with E-state index in [4.69, 9.17) is 9.72 Å². The van der Waals surface area contributed by atoms with Crippen LogP contribution >= 0.6 is 0 Å². The molecule has 3 aliphatic heterocycles. The molecule has 0 radical (unpaired) electrons. The number of nitrogens with zero attached hydrogens (tertiary/aromatic N) is 4. The van der Waals surface area contributed by atoms with Crippen molar-refractivity contribution < 1.29 is 4.74 Å². The van der Waals surface area contributed by atoms with Gasteiger partial charge in [0.1, 0.15) is 18.2 Å². The molecule has 3 aliphatic rings. The van der Waals surface area contributed by atoms with Gasteiger partial charge >= 0.3 is 0 Å². The number of pyridine rings is 1. The number of aromatic nitrogens is 1. The van der Waals surface area contributed by atoms with Crippen LogP contribution in [0.15, 0.2) is 158 Å². The smallest absolute Gasteiger partial charge is 0.256 e. The first-order chi connectivity index (χ1) is 25.4. The van der Waals surface area contributed by atoms with E-state index in [1.165, 1.54) is 39.2 Å². The minimum atomic E-state index is -0.0429. The molecule has 0 N–H and O–H groups in total. The lowest BCUT2D eigenvalue weighted by molar-refractivity contribution is 0.487. The van der Waals surface area contributed by atoms with Crippen LogP contribution in [0.1, 0.15) is 26.3 Å². The van der Waals surface area contributed by atoms with Gasteiger partial charge in [0, 0.05) is 34.6 Å². The van der Waals surface area contributed by atoms with Gasteiger partial charge in [-0.1, -0.05) is 81.4 Å². The van der Waals surface area contributed by atoms with Crippen molar-refractivity contribution in [1.82, 2.24) is 4.98 Å². The molecule has 7 aromatic rings. The van der Waals surface area contributed by atoms with Crippen molar-refractivity contribution in [3.63, 3.8) is 0 Å². The summed E-state index contributed by atoms with van der Waals surface area (Å²) in [6.45, 7) is 7.42. The summed E-state index contributed by atoms with van der Waals surface area (Å²) >= 11 is 0. The van der Waals surface area contributed by atoms with Crippen molar-refractivity contribution in [2.75, 3.05) is 21.4 Å². The third-order valence-corrected chi connectivity index (χ3v) is 10.7. The van der Waals surface area contributed by atoms with E-state index >= 15 is 0 Å². The Morgan fingerprint density at radius 3 is 2.00 bits per heavy atom. The zero-order valence-corrected chi connectivity index (χ0v) is 29.5. The number of para-hydroxylation sites is 4. The molecule has 0 spiro atoms. The summed E-state index contributed by atoms with van der Waals surface area (Å²) in [4.78, 5) is 12.1. The van der Waals surface area contributed by atoms with Gasteiger partial charge in [-0.25, -0.2) is 0 Å². The monoisotopic (exact) mass is 672 g/mol. The van der Waals surface area contributed by atoms with E-state index < -0.39 is 0 Å². The standard InChI is InChI=1S/C46H37BN4O/c1-46(2,3)32-25-26-48-38(28-32)31-21-24-43-37(27-31)47-36-29-35(50-30-49(33-13-6-4-7-14-33)40-17-10-11-18-41(40)50)22-23-39(36)51(34-15-8-5-9-16-34)42-19-12-20-44(52-43)45(42)47/h4-29H,30H2,1-3H3. The summed E-state index contributed by atoms with van der Waals surface area (Å²) in [7, 11) is 0. The second-order valence-corrected chi connectivity index (χ2v) is 14.9. The summed E-state index contributed by atoms with van der Waals surface area (Å²) < 4.78 is 6.77. The Bertz CT molecular complexity index is 2490. The van der Waals surface area contributed by atoms with Crippen LogP contribution in [0.3, 0.4) is 0 Å². The fourth-order valence-corrected chi connectivity index (χ4v) is 8.18. The fourth-order valence-electron chi connectivity index (χ4n) is 8.18. The van der Waals surface area contributed by atoms with Gasteiger partial charge in [0.15, 0.2) is 0 Å². The van der Waals surface area contributed by atoms with Crippen molar-refractivity contribution in [3.8, 4) is 22.8 Å². The van der Waals surface area contributed by atoms with Crippen molar-refractivity contribution in [2.24, 2.45) is 0 Å². The van der Waals surface area contributed by atoms with Crippen LogP contribution in [-0.2, 0) is 5.41 Å². The molecule has 0 saturated heterocycles. The van der Waals surface area contributed by atoms with Crippen LogP contribution < -0.4 is 35.8 Å². The SMILES string of the molecule is CC(C)(C)c1ccnc(-c2ccc3c(c2)B2c4cc(N5CN(c6ccccc6)c6ccccc65)ccc4N(c4ccccc4)c4cccc(c42)O3)c1. The molecular formula is C46H37BN4O. The number of hydrogen-bond donors (Lipinski definition) is 0. The molecule has 0 atom stereocenters. The molecule has 6 aromatic carbocycles. The predicted octanol–water partition coefficient (Wildman–Crippen LogP) is 9.70. The molecule has 4 heterocycles. The molecule has 10 rings (SSSR count). The third kappa shape index (κ3) is 4.82. The Labute approximate surface area is 305 Å². The summed E-state index contributed by atoms with van der Waals surface area (Å²) in [5.41, 5.74) is 15.1. The lowest BCUT2D eigenvalue weighted by Crippen LogP contribution is -2.59. The average Bonchev–Trinajstić information content (AvgIpc) is 3.58. The van der Waals surface area contributed by atoms with Crippen LogP contribution in [0.4, 0.5) is 39.8 Å². The quantitative estimate of drug-likeness (QED) is 0.174. The molecule has 0 bridgehead atoms. The first kappa shape index (κ1) is 30.6. The summed E-state index contributed by atoms with van der Waals surface area (Å²) in [6.07, 6.45) is 1.94. The minimum Gasteiger partial charge on any atom is -0.458 e. The Kier molecular flexibility index (Phi) is 6.84. The van der Waals surface area contributed by atoms with E-state index in [0.717, 1.165) is 52.0 Å². The van der Waals surface area contributed by atoms with Gasteiger partial charge in [0.25, 0.3) is 6.71 Å². The minimum absolute atomic E-state index is 0.0206. The van der Waals surface area contributed by atoms with E-state index in [-0.39, 0.29) is 12.1 Å². The summed E-state index contributed by atoms with van der Waals surface area (Å²) in [5.74, 6) is 1.78. The lowest BCUT2D eigenvalue weighted by atomic mass is 9.34. The maximum atomic E-state index is 6.77. The van der Waals surface area contributed by atoms with E-state index in [9.17, 15) is 0 Å². The van der Waals surface area contributed by atoms with Crippen LogP contribution in [-0.4, -0.2) is 18.4 Å². The number of benzene rings is 6. The van der Waals surface area contributed by atoms with Crippen molar-refractivity contribution >= 4 is 62.9 Å². The second-order valence-electron chi connectivity index (χ2n) is 14.9. The Balaban J connectivity index is 1.17. The molecule has 6 heteroatoms. The molecule has 5 nitrogen and oxygen atoms in total. The van der Waals surface area contributed by atoms with Gasteiger partial charge < -0.3 is 19.4 Å². The highest BCUT2D eigenvalue weighted by Gasteiger charge is 2.42. The largest absolute Gasteiger partial charge is 0.458 e. The lowest BCUT2D eigenvalue weighted by Gasteiger charge is -2.40. The molecule has 0 aliphatic carbocycles. The van der Waals surface area contributed by atoms with Gasteiger partial charge in [0.05, 0.1) is 17.1 Å². The molecule has 1 aromatic heterocycles. The van der Waals surface area contributed by atoms with Gasteiger partial charge in [0.2, 0.25) is 0 Å². The van der Waals surface area contributed by atoms with E-state index in [0.29, 0.717) is 0 Å². The van der Waals surface area contributed by atoms with E-state index in [2.05, 4.69) is 187 Å². The molecule has 0 saturated carbocycles. The summed E-state index contributed by atoms with van der Waals surface area (Å²) in [5, 5.41) is 0. The van der Waals surface area contributed by atoms with Crippen molar-refractivity contribution in [3.05, 3.63) is 163 Å². The van der Waals surface area contributed by atoms with Crippen LogP contribution in [0, 0.1) is 0 Å². The Morgan fingerprint density at radius 1 is 0.558 bits per heavy atom.